The molecule has 0 aliphatic heterocycles. The van der Waals surface area contributed by atoms with E-state index in [2.05, 4.69) is 28.9 Å². The molecule has 0 amide bonds. The molecule has 0 saturated heterocycles. The van der Waals surface area contributed by atoms with Crippen molar-refractivity contribution in [3.63, 3.8) is 0 Å². The van der Waals surface area contributed by atoms with Gasteiger partial charge < -0.3 is 4.90 Å². The number of aliphatic imine (C=N–C) groups is 1. The topological polar surface area (TPSA) is 15.6 Å². The Hall–Kier alpha value is -1.31. The fourth-order valence-corrected chi connectivity index (χ4v) is 1.34. The second-order valence-corrected chi connectivity index (χ2v) is 3.47. The van der Waals surface area contributed by atoms with Crippen LogP contribution in [0.1, 0.15) is 18.9 Å². The molecule has 1 rings (SSSR count). The second kappa shape index (κ2) is 5.43. The van der Waals surface area contributed by atoms with Crippen molar-refractivity contribution in [1.29, 1.82) is 0 Å². The van der Waals surface area contributed by atoms with Gasteiger partial charge in [0, 0.05) is 20.5 Å². The van der Waals surface area contributed by atoms with E-state index in [0.29, 0.717) is 0 Å². The normalized spacial score (nSPS) is 11.5. The van der Waals surface area contributed by atoms with E-state index in [4.69, 9.17) is 0 Å². The van der Waals surface area contributed by atoms with Gasteiger partial charge in [0.15, 0.2) is 0 Å². The van der Waals surface area contributed by atoms with Gasteiger partial charge in [-0.2, -0.15) is 0 Å². The minimum absolute atomic E-state index is 0.780. The lowest BCUT2D eigenvalue weighted by atomic mass is 10.2. The van der Waals surface area contributed by atoms with Gasteiger partial charge >= 0.3 is 0 Å². The standard InChI is InChI=1S/C12H18N2/c1-4-12(14(2)3)13-10-11-8-6-5-7-9-11/h5-9H,4,10H2,1-3H3. The Bertz CT molecular complexity index is 288. The van der Waals surface area contributed by atoms with E-state index in [-0.39, 0.29) is 0 Å². The smallest absolute Gasteiger partial charge is 0.0985 e. The van der Waals surface area contributed by atoms with Crippen LogP contribution in [-0.2, 0) is 6.54 Å². The second-order valence-electron chi connectivity index (χ2n) is 3.47. The lowest BCUT2D eigenvalue weighted by Gasteiger charge is -2.13. The highest BCUT2D eigenvalue weighted by Gasteiger charge is 1.97. The zero-order chi connectivity index (χ0) is 10.4. The first-order chi connectivity index (χ1) is 6.74. The molecule has 0 heterocycles. The van der Waals surface area contributed by atoms with Gasteiger partial charge in [-0.05, 0) is 5.56 Å². The van der Waals surface area contributed by atoms with Crippen molar-refractivity contribution in [3.8, 4) is 0 Å². The van der Waals surface area contributed by atoms with Gasteiger partial charge in [-0.15, -0.1) is 0 Å². The average Bonchev–Trinajstić information content (AvgIpc) is 2.20. The zero-order valence-electron chi connectivity index (χ0n) is 9.20. The predicted molar refractivity (Wildman–Crippen MR) is 61.6 cm³/mol. The van der Waals surface area contributed by atoms with Crippen molar-refractivity contribution >= 4 is 5.84 Å². The summed E-state index contributed by atoms with van der Waals surface area (Å²) in [6.07, 6.45) is 0.986. The molecule has 0 spiro atoms. The number of nitrogens with zero attached hydrogens (tertiary/aromatic N) is 2. The van der Waals surface area contributed by atoms with Crippen molar-refractivity contribution in [2.24, 2.45) is 4.99 Å². The third-order valence-electron chi connectivity index (χ3n) is 2.12. The van der Waals surface area contributed by atoms with Crippen molar-refractivity contribution < 1.29 is 0 Å². The third kappa shape index (κ3) is 3.21. The molecule has 1 aromatic rings. The molecule has 0 bridgehead atoms. The first-order valence-electron chi connectivity index (χ1n) is 4.98. The van der Waals surface area contributed by atoms with Crippen LogP contribution in [0.2, 0.25) is 0 Å². The Balaban J connectivity index is 2.62. The third-order valence-corrected chi connectivity index (χ3v) is 2.12. The average molecular weight is 190 g/mol. The fourth-order valence-electron chi connectivity index (χ4n) is 1.34. The summed E-state index contributed by atoms with van der Waals surface area (Å²) >= 11 is 0. The van der Waals surface area contributed by atoms with Gasteiger partial charge in [0.1, 0.15) is 0 Å². The highest BCUT2D eigenvalue weighted by Crippen LogP contribution is 2.01. The molecule has 0 aliphatic carbocycles. The van der Waals surface area contributed by atoms with Crippen molar-refractivity contribution in [2.75, 3.05) is 14.1 Å². The monoisotopic (exact) mass is 190 g/mol. The Morgan fingerprint density at radius 2 is 1.86 bits per heavy atom. The van der Waals surface area contributed by atoms with Crippen molar-refractivity contribution in [1.82, 2.24) is 4.90 Å². The molecule has 76 valence electrons. The highest BCUT2D eigenvalue weighted by molar-refractivity contribution is 5.81. The molecule has 2 nitrogen and oxygen atoms in total. The molecule has 0 radical (unpaired) electrons. The zero-order valence-corrected chi connectivity index (χ0v) is 9.20. The summed E-state index contributed by atoms with van der Waals surface area (Å²) in [7, 11) is 4.07. The SMILES string of the molecule is CCC(=NCc1ccccc1)N(C)C. The Labute approximate surface area is 86.3 Å². The van der Waals surface area contributed by atoms with Crippen LogP contribution in [0.3, 0.4) is 0 Å². The lowest BCUT2D eigenvalue weighted by Crippen LogP contribution is -2.21. The molecule has 0 unspecified atom stereocenters. The summed E-state index contributed by atoms with van der Waals surface area (Å²) in [5.74, 6) is 1.15. The number of amidine groups is 1. The van der Waals surface area contributed by atoms with Crippen molar-refractivity contribution in [2.45, 2.75) is 19.9 Å². The first kappa shape index (κ1) is 10.8. The molecule has 0 saturated carbocycles. The predicted octanol–water partition coefficient (Wildman–Crippen LogP) is 2.56. The van der Waals surface area contributed by atoms with Crippen LogP contribution < -0.4 is 0 Å². The summed E-state index contributed by atoms with van der Waals surface area (Å²) in [5.41, 5.74) is 1.26. The molecule has 14 heavy (non-hydrogen) atoms. The molecular formula is C12H18N2. The summed E-state index contributed by atoms with van der Waals surface area (Å²) < 4.78 is 0. The summed E-state index contributed by atoms with van der Waals surface area (Å²) in [6, 6.07) is 10.3. The summed E-state index contributed by atoms with van der Waals surface area (Å²) in [6.45, 7) is 2.91. The quantitative estimate of drug-likeness (QED) is 0.528. The van der Waals surface area contributed by atoms with Crippen LogP contribution in [0.5, 0.6) is 0 Å². The molecular weight excluding hydrogens is 172 g/mol. The van der Waals surface area contributed by atoms with E-state index >= 15 is 0 Å². The summed E-state index contributed by atoms with van der Waals surface area (Å²) in [4.78, 5) is 6.63. The molecule has 2 heteroatoms. The number of hydrogen-bond acceptors (Lipinski definition) is 1. The van der Waals surface area contributed by atoms with Gasteiger partial charge in [0.25, 0.3) is 0 Å². The van der Waals surface area contributed by atoms with E-state index in [1.54, 1.807) is 0 Å². The number of benzene rings is 1. The summed E-state index contributed by atoms with van der Waals surface area (Å²) in [5, 5.41) is 0. The van der Waals surface area contributed by atoms with Gasteiger partial charge in [-0.25, -0.2) is 0 Å². The number of rotatable bonds is 3. The molecule has 0 fully saturated rings. The minimum Gasteiger partial charge on any atom is -0.366 e. The van der Waals surface area contributed by atoms with E-state index in [9.17, 15) is 0 Å². The minimum atomic E-state index is 0.780. The van der Waals surface area contributed by atoms with E-state index < -0.39 is 0 Å². The highest BCUT2D eigenvalue weighted by atomic mass is 15.1. The van der Waals surface area contributed by atoms with Crippen LogP contribution in [0.4, 0.5) is 0 Å². The molecule has 0 atom stereocenters. The van der Waals surface area contributed by atoms with Gasteiger partial charge in [-0.1, -0.05) is 37.3 Å². The van der Waals surface area contributed by atoms with Crippen LogP contribution in [0.25, 0.3) is 0 Å². The van der Waals surface area contributed by atoms with E-state index in [0.717, 1.165) is 18.8 Å². The van der Waals surface area contributed by atoms with Crippen molar-refractivity contribution in [3.05, 3.63) is 35.9 Å². The molecule has 0 aliphatic rings. The van der Waals surface area contributed by atoms with Crippen LogP contribution in [0.15, 0.2) is 35.3 Å². The van der Waals surface area contributed by atoms with Crippen LogP contribution >= 0.6 is 0 Å². The van der Waals surface area contributed by atoms with Crippen LogP contribution in [0, 0.1) is 0 Å². The Kier molecular flexibility index (Phi) is 4.17. The van der Waals surface area contributed by atoms with Gasteiger partial charge in [0.2, 0.25) is 0 Å². The fraction of sp³-hybridized carbons (Fsp3) is 0.417. The van der Waals surface area contributed by atoms with E-state index in [1.807, 2.05) is 32.3 Å². The van der Waals surface area contributed by atoms with Gasteiger partial charge in [-0.3, -0.25) is 4.99 Å². The molecule has 1 aromatic carbocycles. The molecule has 0 aromatic heterocycles. The van der Waals surface area contributed by atoms with Crippen LogP contribution in [-0.4, -0.2) is 24.8 Å². The Morgan fingerprint density at radius 1 is 1.21 bits per heavy atom. The molecule has 0 N–H and O–H groups in total. The maximum atomic E-state index is 4.55. The lowest BCUT2D eigenvalue weighted by molar-refractivity contribution is 0.602. The number of hydrogen-bond donors (Lipinski definition) is 0. The van der Waals surface area contributed by atoms with E-state index in [1.165, 1.54) is 5.56 Å². The maximum absolute atomic E-state index is 4.55. The first-order valence-corrected chi connectivity index (χ1v) is 4.98. The Morgan fingerprint density at radius 3 is 2.36 bits per heavy atom. The van der Waals surface area contributed by atoms with Gasteiger partial charge in [0.05, 0.1) is 12.4 Å². The maximum Gasteiger partial charge on any atom is 0.0985 e. The largest absolute Gasteiger partial charge is 0.366 e.